The highest BCUT2D eigenvalue weighted by molar-refractivity contribution is 7.98. The first-order chi connectivity index (χ1) is 6.34. The first kappa shape index (κ1) is 9.71. The van der Waals surface area contributed by atoms with Crippen LogP contribution in [0.3, 0.4) is 0 Å². The van der Waals surface area contributed by atoms with Crippen LogP contribution in [0.15, 0.2) is 0 Å². The van der Waals surface area contributed by atoms with Crippen molar-refractivity contribution in [3.8, 4) is 0 Å². The monoisotopic (exact) mass is 235 g/mol. The Kier molecular flexibility index (Phi) is 3.43. The molecular formula is C7H10ClN3S2. The van der Waals surface area contributed by atoms with Crippen LogP contribution in [-0.2, 0) is 5.75 Å². The van der Waals surface area contributed by atoms with E-state index in [0.29, 0.717) is 4.47 Å². The van der Waals surface area contributed by atoms with Gasteiger partial charge in [0.1, 0.15) is 5.01 Å². The Morgan fingerprint density at radius 3 is 2.92 bits per heavy atom. The van der Waals surface area contributed by atoms with Gasteiger partial charge in [-0.15, -0.1) is 10.2 Å². The van der Waals surface area contributed by atoms with E-state index in [2.05, 4.69) is 15.5 Å². The molecule has 3 nitrogen and oxygen atoms in total. The minimum absolute atomic E-state index is 0.543. The molecule has 0 bridgehead atoms. The van der Waals surface area contributed by atoms with Gasteiger partial charge in [0, 0.05) is 5.75 Å². The van der Waals surface area contributed by atoms with Crippen LogP contribution in [0, 0.1) is 5.92 Å². The van der Waals surface area contributed by atoms with Crippen LogP contribution in [0.2, 0.25) is 4.47 Å². The number of hydrogen-bond acceptors (Lipinski definition) is 5. The number of nitrogens with one attached hydrogen (secondary N) is 1. The lowest BCUT2D eigenvalue weighted by Crippen LogP contribution is -2.43. The van der Waals surface area contributed by atoms with E-state index < -0.39 is 0 Å². The zero-order valence-corrected chi connectivity index (χ0v) is 9.38. The van der Waals surface area contributed by atoms with Crippen molar-refractivity contribution in [1.29, 1.82) is 0 Å². The molecule has 0 aromatic carbocycles. The molecule has 0 saturated carbocycles. The van der Waals surface area contributed by atoms with Crippen LogP contribution < -0.4 is 5.32 Å². The molecule has 0 amide bonds. The summed E-state index contributed by atoms with van der Waals surface area (Å²) in [7, 11) is 0. The highest BCUT2D eigenvalue weighted by Crippen LogP contribution is 2.21. The first-order valence-corrected chi connectivity index (χ1v) is 6.46. The Labute approximate surface area is 90.3 Å². The molecule has 1 fully saturated rings. The number of rotatable bonds is 4. The van der Waals surface area contributed by atoms with E-state index in [1.165, 1.54) is 30.2 Å². The maximum absolute atomic E-state index is 5.67. The van der Waals surface area contributed by atoms with Gasteiger partial charge in [0.2, 0.25) is 4.47 Å². The van der Waals surface area contributed by atoms with Gasteiger partial charge in [-0.25, -0.2) is 0 Å². The molecule has 72 valence electrons. The molecule has 0 aliphatic carbocycles. The maximum atomic E-state index is 5.67. The number of hydrogen-bond donors (Lipinski definition) is 1. The van der Waals surface area contributed by atoms with E-state index in [1.54, 1.807) is 0 Å². The summed E-state index contributed by atoms with van der Waals surface area (Å²) in [5.74, 6) is 3.01. The van der Waals surface area contributed by atoms with Gasteiger partial charge in [0.15, 0.2) is 0 Å². The summed E-state index contributed by atoms with van der Waals surface area (Å²) in [6.45, 7) is 2.34. The molecule has 1 aromatic heterocycles. The highest BCUT2D eigenvalue weighted by Gasteiger charge is 2.16. The standard InChI is InChI=1S/C7H10ClN3S2/c8-7-11-10-6(13-7)4-12-3-5-1-9-2-5/h5,9H,1-4H2. The van der Waals surface area contributed by atoms with Crippen molar-refractivity contribution in [3.63, 3.8) is 0 Å². The van der Waals surface area contributed by atoms with Gasteiger partial charge in [-0.1, -0.05) is 11.3 Å². The third kappa shape index (κ3) is 2.80. The summed E-state index contributed by atoms with van der Waals surface area (Å²) in [6, 6.07) is 0. The number of aromatic nitrogens is 2. The van der Waals surface area contributed by atoms with E-state index in [4.69, 9.17) is 11.6 Å². The molecule has 1 aliphatic rings. The Hall–Kier alpha value is 0.160. The normalized spacial score (nSPS) is 17.3. The summed E-state index contributed by atoms with van der Waals surface area (Å²) in [5.41, 5.74) is 0. The fourth-order valence-electron chi connectivity index (χ4n) is 1.07. The molecule has 2 heterocycles. The molecule has 0 atom stereocenters. The van der Waals surface area contributed by atoms with Gasteiger partial charge in [-0.05, 0) is 36.4 Å². The minimum atomic E-state index is 0.543. The van der Waals surface area contributed by atoms with Crippen LogP contribution in [0.5, 0.6) is 0 Å². The smallest absolute Gasteiger partial charge is 0.207 e. The second-order valence-electron chi connectivity index (χ2n) is 2.99. The topological polar surface area (TPSA) is 37.8 Å². The minimum Gasteiger partial charge on any atom is -0.316 e. The van der Waals surface area contributed by atoms with E-state index in [-0.39, 0.29) is 0 Å². The average Bonchev–Trinajstić information content (AvgIpc) is 2.42. The van der Waals surface area contributed by atoms with Crippen molar-refractivity contribution in [2.75, 3.05) is 18.8 Å². The molecule has 1 saturated heterocycles. The van der Waals surface area contributed by atoms with Crippen molar-refractivity contribution in [3.05, 3.63) is 9.47 Å². The lowest BCUT2D eigenvalue weighted by molar-refractivity contribution is 0.385. The van der Waals surface area contributed by atoms with Gasteiger partial charge in [0.25, 0.3) is 0 Å². The van der Waals surface area contributed by atoms with Crippen LogP contribution in [0.25, 0.3) is 0 Å². The summed E-state index contributed by atoms with van der Waals surface area (Å²) >= 11 is 9.05. The van der Waals surface area contributed by atoms with Gasteiger partial charge >= 0.3 is 0 Å². The molecule has 1 N–H and O–H groups in total. The number of halogens is 1. The van der Waals surface area contributed by atoms with Crippen molar-refractivity contribution < 1.29 is 0 Å². The molecule has 6 heteroatoms. The Balaban J connectivity index is 1.67. The van der Waals surface area contributed by atoms with E-state index >= 15 is 0 Å². The third-order valence-electron chi connectivity index (χ3n) is 1.89. The molecular weight excluding hydrogens is 226 g/mol. The maximum Gasteiger partial charge on any atom is 0.207 e. The molecule has 1 aliphatic heterocycles. The highest BCUT2D eigenvalue weighted by atomic mass is 35.5. The Morgan fingerprint density at radius 2 is 2.38 bits per heavy atom. The predicted molar refractivity (Wildman–Crippen MR) is 57.4 cm³/mol. The second kappa shape index (κ2) is 4.59. The predicted octanol–water partition coefficient (Wildman–Crippen LogP) is 1.64. The molecule has 13 heavy (non-hydrogen) atoms. The van der Waals surface area contributed by atoms with E-state index in [9.17, 15) is 0 Å². The SMILES string of the molecule is Clc1nnc(CSCC2CNC2)s1. The van der Waals surface area contributed by atoms with Gasteiger partial charge < -0.3 is 5.32 Å². The zero-order chi connectivity index (χ0) is 9.10. The lowest BCUT2D eigenvalue weighted by Gasteiger charge is -2.26. The Morgan fingerprint density at radius 1 is 1.54 bits per heavy atom. The average molecular weight is 236 g/mol. The van der Waals surface area contributed by atoms with Crippen LogP contribution in [-0.4, -0.2) is 29.0 Å². The third-order valence-corrected chi connectivity index (χ3v) is 4.27. The van der Waals surface area contributed by atoms with Gasteiger partial charge in [0.05, 0.1) is 0 Å². The van der Waals surface area contributed by atoms with E-state index in [0.717, 1.165) is 16.7 Å². The van der Waals surface area contributed by atoms with Crippen molar-refractivity contribution in [2.24, 2.45) is 5.92 Å². The molecule has 1 aromatic rings. The quantitative estimate of drug-likeness (QED) is 0.861. The Bertz CT molecular complexity index is 274. The summed E-state index contributed by atoms with van der Waals surface area (Å²) < 4.78 is 0.543. The fraction of sp³-hybridized carbons (Fsp3) is 0.714. The molecule has 0 unspecified atom stereocenters. The van der Waals surface area contributed by atoms with Crippen molar-refractivity contribution in [2.45, 2.75) is 5.75 Å². The first-order valence-electron chi connectivity index (χ1n) is 4.11. The molecule has 2 rings (SSSR count). The number of thioether (sulfide) groups is 1. The molecule has 0 radical (unpaired) electrons. The largest absolute Gasteiger partial charge is 0.316 e. The van der Waals surface area contributed by atoms with Crippen LogP contribution in [0.4, 0.5) is 0 Å². The van der Waals surface area contributed by atoms with E-state index in [1.807, 2.05) is 11.8 Å². The zero-order valence-electron chi connectivity index (χ0n) is 6.99. The molecule has 0 spiro atoms. The summed E-state index contributed by atoms with van der Waals surface area (Å²) in [5, 5.41) is 12.0. The fourth-order valence-corrected chi connectivity index (χ4v) is 3.14. The van der Waals surface area contributed by atoms with Crippen LogP contribution >= 0.6 is 34.7 Å². The lowest BCUT2D eigenvalue weighted by atomic mass is 10.1. The van der Waals surface area contributed by atoms with Gasteiger partial charge in [-0.2, -0.15) is 11.8 Å². The van der Waals surface area contributed by atoms with Crippen LogP contribution in [0.1, 0.15) is 5.01 Å². The van der Waals surface area contributed by atoms with Crippen molar-refractivity contribution in [1.82, 2.24) is 15.5 Å². The van der Waals surface area contributed by atoms with Gasteiger partial charge in [-0.3, -0.25) is 0 Å². The second-order valence-corrected chi connectivity index (χ2v) is 5.66. The van der Waals surface area contributed by atoms with Crippen molar-refractivity contribution >= 4 is 34.7 Å². The number of nitrogens with zero attached hydrogens (tertiary/aromatic N) is 2. The summed E-state index contributed by atoms with van der Waals surface area (Å²) in [4.78, 5) is 0. The summed E-state index contributed by atoms with van der Waals surface area (Å²) in [6.07, 6.45) is 0.